The Morgan fingerprint density at radius 1 is 1.14 bits per heavy atom. The Morgan fingerprint density at radius 2 is 1.86 bits per heavy atom. The Morgan fingerprint density at radius 3 is 2.57 bits per heavy atom. The summed E-state index contributed by atoms with van der Waals surface area (Å²) in [4.78, 5) is 11.0. The first-order valence-electron chi connectivity index (χ1n) is 6.44. The van der Waals surface area contributed by atoms with Gasteiger partial charge in [0.1, 0.15) is 4.86 Å². The van der Waals surface area contributed by atoms with Crippen molar-refractivity contribution >= 4 is 28.6 Å². The lowest BCUT2D eigenvalue weighted by atomic mass is 10.0. The minimum atomic E-state index is -1.06. The lowest BCUT2D eigenvalue weighted by Gasteiger charge is -2.02. The van der Waals surface area contributed by atoms with Gasteiger partial charge in [-0.25, -0.2) is 9.31 Å². The molecule has 0 unspecified atom stereocenters. The van der Waals surface area contributed by atoms with Crippen LogP contribution in [0.15, 0.2) is 54.7 Å². The molecule has 0 fully saturated rings. The molecular formula is C16H12N2O2S. The van der Waals surface area contributed by atoms with Crippen molar-refractivity contribution < 1.29 is 9.90 Å². The van der Waals surface area contributed by atoms with Gasteiger partial charge in [-0.05, 0) is 12.1 Å². The van der Waals surface area contributed by atoms with E-state index in [0.29, 0.717) is 0 Å². The summed E-state index contributed by atoms with van der Waals surface area (Å²) in [5.74, 6) is -1.06. The highest BCUT2D eigenvalue weighted by atomic mass is 32.1. The number of hydrogen-bond acceptors (Lipinski definition) is 3. The second kappa shape index (κ2) is 5.46. The number of carbonyl (C=O) groups is 1. The molecule has 2 aromatic heterocycles. The van der Waals surface area contributed by atoms with Crippen molar-refractivity contribution in [1.82, 2.24) is 9.61 Å². The van der Waals surface area contributed by atoms with Gasteiger partial charge < -0.3 is 5.11 Å². The maximum atomic E-state index is 11.0. The van der Waals surface area contributed by atoms with E-state index in [1.165, 1.54) is 0 Å². The van der Waals surface area contributed by atoms with Crippen LogP contribution in [0.3, 0.4) is 0 Å². The number of rotatable bonds is 4. The van der Waals surface area contributed by atoms with Crippen LogP contribution in [0.4, 0.5) is 0 Å². The minimum Gasteiger partial charge on any atom is -0.477 e. The molecule has 1 N–H and O–H groups in total. The topological polar surface area (TPSA) is 54.6 Å². The average molecular weight is 296 g/mol. The largest absolute Gasteiger partial charge is 0.477 e. The van der Waals surface area contributed by atoms with Crippen molar-refractivity contribution in [2.45, 2.75) is 6.42 Å². The molecule has 3 rings (SSSR count). The molecule has 104 valence electrons. The lowest BCUT2D eigenvalue weighted by Crippen LogP contribution is -2.13. The molecule has 4 nitrogen and oxygen atoms in total. The van der Waals surface area contributed by atoms with Gasteiger partial charge in [-0.2, -0.15) is 5.10 Å². The highest BCUT2D eigenvalue weighted by Crippen LogP contribution is 2.26. The zero-order valence-corrected chi connectivity index (χ0v) is 11.9. The van der Waals surface area contributed by atoms with Crippen LogP contribution in [0.5, 0.6) is 0 Å². The van der Waals surface area contributed by atoms with Gasteiger partial charge in [0.05, 0.1) is 11.2 Å². The molecule has 0 saturated heterocycles. The Balaban J connectivity index is 2.19. The molecule has 3 aromatic rings. The quantitative estimate of drug-likeness (QED) is 0.752. The van der Waals surface area contributed by atoms with Gasteiger partial charge in [0.15, 0.2) is 0 Å². The predicted octanol–water partition coefficient (Wildman–Crippen LogP) is 3.00. The number of benzene rings is 1. The van der Waals surface area contributed by atoms with E-state index in [2.05, 4.69) is 5.10 Å². The number of carboxylic acids is 1. The van der Waals surface area contributed by atoms with E-state index in [0.717, 1.165) is 22.3 Å². The third-order valence-corrected chi connectivity index (χ3v) is 3.58. The molecule has 0 radical (unpaired) electrons. The first kappa shape index (κ1) is 13.5. The summed E-state index contributed by atoms with van der Waals surface area (Å²) in [6.07, 6.45) is 2.04. The second-order valence-corrected chi connectivity index (χ2v) is 5.12. The maximum absolute atomic E-state index is 11.0. The summed E-state index contributed by atoms with van der Waals surface area (Å²) in [6.45, 7) is 0. The first-order valence-corrected chi connectivity index (χ1v) is 6.85. The molecule has 0 aliphatic carbocycles. The second-order valence-electron chi connectivity index (χ2n) is 4.63. The van der Waals surface area contributed by atoms with Crippen LogP contribution in [0.25, 0.3) is 16.8 Å². The number of aromatic nitrogens is 2. The number of hydrogen-bond donors (Lipinski definition) is 1. The van der Waals surface area contributed by atoms with E-state index in [9.17, 15) is 4.79 Å². The highest BCUT2D eigenvalue weighted by molar-refractivity contribution is 7.82. The van der Waals surface area contributed by atoms with Crippen molar-refractivity contribution in [2.24, 2.45) is 0 Å². The Hall–Kier alpha value is -2.53. The number of carboxylic acid groups (broad SMARTS) is 1. The van der Waals surface area contributed by atoms with E-state index >= 15 is 0 Å². The predicted molar refractivity (Wildman–Crippen MR) is 84.6 cm³/mol. The number of aliphatic carboxylic acids is 1. The average Bonchev–Trinajstić information content (AvgIpc) is 2.87. The van der Waals surface area contributed by atoms with Crippen molar-refractivity contribution in [2.75, 3.05) is 0 Å². The van der Waals surface area contributed by atoms with Crippen molar-refractivity contribution in [3.8, 4) is 11.3 Å². The third kappa shape index (κ3) is 2.55. The van der Waals surface area contributed by atoms with E-state index in [1.54, 1.807) is 4.52 Å². The molecule has 0 aliphatic heterocycles. The maximum Gasteiger partial charge on any atom is 0.342 e. The summed E-state index contributed by atoms with van der Waals surface area (Å²) in [5.41, 5.74) is 3.43. The summed E-state index contributed by atoms with van der Waals surface area (Å²) in [7, 11) is 0. The molecule has 1 aromatic carbocycles. The summed E-state index contributed by atoms with van der Waals surface area (Å²) in [5, 5.41) is 13.6. The molecule has 0 spiro atoms. The summed E-state index contributed by atoms with van der Waals surface area (Å²) in [6, 6.07) is 15.4. The zero-order valence-electron chi connectivity index (χ0n) is 11.1. The van der Waals surface area contributed by atoms with Crippen molar-refractivity contribution in [3.63, 3.8) is 0 Å². The van der Waals surface area contributed by atoms with Gasteiger partial charge in [0.25, 0.3) is 0 Å². The van der Waals surface area contributed by atoms with Crippen molar-refractivity contribution in [3.05, 3.63) is 60.3 Å². The smallest absolute Gasteiger partial charge is 0.342 e. The molecule has 0 amide bonds. The van der Waals surface area contributed by atoms with Crippen molar-refractivity contribution in [1.29, 1.82) is 0 Å². The number of fused-ring (bicyclic) bond motifs is 1. The van der Waals surface area contributed by atoms with Crippen LogP contribution in [0.2, 0.25) is 0 Å². The fourth-order valence-corrected chi connectivity index (χ4v) is 2.43. The minimum absolute atomic E-state index is 0.00839. The summed E-state index contributed by atoms with van der Waals surface area (Å²) >= 11 is 4.96. The van der Waals surface area contributed by atoms with E-state index < -0.39 is 5.97 Å². The Kier molecular flexibility index (Phi) is 3.50. The van der Waals surface area contributed by atoms with Gasteiger partial charge in [-0.3, -0.25) is 0 Å². The molecule has 0 aliphatic rings. The zero-order chi connectivity index (χ0) is 14.8. The standard InChI is InChI=1S/C16H12N2O2S/c19-16(20)14(21)10-12-13-8-4-5-9-18(13)17-15(12)11-6-2-1-3-7-11/h1-9H,10H2,(H,19,20). The summed E-state index contributed by atoms with van der Waals surface area (Å²) < 4.78 is 1.75. The fourth-order valence-electron chi connectivity index (χ4n) is 2.29. The molecule has 5 heteroatoms. The molecule has 0 saturated carbocycles. The van der Waals surface area contributed by atoms with Gasteiger partial charge in [0.2, 0.25) is 0 Å². The van der Waals surface area contributed by atoms with E-state index in [-0.39, 0.29) is 11.3 Å². The molecular weight excluding hydrogens is 284 g/mol. The van der Waals surface area contributed by atoms with Crippen LogP contribution in [0, 0.1) is 0 Å². The fraction of sp³-hybridized carbons (Fsp3) is 0.0625. The van der Waals surface area contributed by atoms with E-state index in [4.69, 9.17) is 17.3 Å². The Bertz CT molecular complexity index is 825. The molecule has 2 heterocycles. The third-order valence-electron chi connectivity index (χ3n) is 3.27. The molecule has 21 heavy (non-hydrogen) atoms. The number of nitrogens with zero attached hydrogens (tertiary/aromatic N) is 2. The van der Waals surface area contributed by atoms with Gasteiger partial charge >= 0.3 is 5.97 Å². The SMILES string of the molecule is O=C(O)C(=S)Cc1c(-c2ccccc2)nn2ccccc12. The lowest BCUT2D eigenvalue weighted by molar-refractivity contribution is -0.129. The monoisotopic (exact) mass is 296 g/mol. The van der Waals surface area contributed by atoms with Gasteiger partial charge in [-0.1, -0.05) is 48.6 Å². The normalized spacial score (nSPS) is 10.7. The van der Waals surface area contributed by atoms with Crippen LogP contribution < -0.4 is 0 Å². The number of thiocarbonyl (C=S) groups is 1. The van der Waals surface area contributed by atoms with Crippen LogP contribution in [0.1, 0.15) is 5.56 Å². The van der Waals surface area contributed by atoms with Crippen LogP contribution in [-0.2, 0) is 11.2 Å². The molecule has 0 bridgehead atoms. The highest BCUT2D eigenvalue weighted by Gasteiger charge is 2.18. The van der Waals surface area contributed by atoms with Crippen LogP contribution in [-0.4, -0.2) is 25.6 Å². The first-order chi connectivity index (χ1) is 10.2. The van der Waals surface area contributed by atoms with Crippen LogP contribution >= 0.6 is 12.2 Å². The number of pyridine rings is 1. The molecule has 0 atom stereocenters. The Labute approximate surface area is 126 Å². The van der Waals surface area contributed by atoms with Gasteiger partial charge in [-0.15, -0.1) is 0 Å². The van der Waals surface area contributed by atoms with Gasteiger partial charge in [0, 0.05) is 23.7 Å². The van der Waals surface area contributed by atoms with E-state index in [1.807, 2.05) is 54.7 Å².